The van der Waals surface area contributed by atoms with Gasteiger partial charge in [0.25, 0.3) is 5.82 Å². The highest BCUT2D eigenvalue weighted by Crippen LogP contribution is 2.30. The Morgan fingerprint density at radius 3 is 2.64 bits per heavy atom. The van der Waals surface area contributed by atoms with Crippen molar-refractivity contribution in [2.24, 2.45) is 0 Å². The highest BCUT2D eigenvalue weighted by atomic mass is 19.4. The van der Waals surface area contributed by atoms with Gasteiger partial charge in [-0.2, -0.15) is 17.7 Å². The molecular weight excluding hydrogens is 334 g/mol. The second-order valence-corrected chi connectivity index (χ2v) is 5.13. The van der Waals surface area contributed by atoms with Crippen molar-refractivity contribution in [1.29, 1.82) is 0 Å². The molecule has 1 aromatic carbocycles. The molecule has 2 radical (unpaired) electrons. The molecule has 4 aromatic rings. The molecule has 6 nitrogen and oxygen atoms in total. The van der Waals surface area contributed by atoms with Crippen LogP contribution in [-0.2, 0) is 6.18 Å². The minimum absolute atomic E-state index is 0.0417. The molecule has 0 aliphatic heterocycles. The van der Waals surface area contributed by atoms with Crippen molar-refractivity contribution in [2.75, 3.05) is 0 Å². The van der Waals surface area contributed by atoms with Crippen molar-refractivity contribution in [2.45, 2.75) is 6.18 Å². The molecular formula is C15H7BF3N5O. The maximum atomic E-state index is 12.9. The third kappa shape index (κ3) is 2.75. The van der Waals surface area contributed by atoms with Gasteiger partial charge in [-0.15, -0.1) is 15.3 Å². The predicted octanol–water partition coefficient (Wildman–Crippen LogP) is 2.28. The van der Waals surface area contributed by atoms with Crippen LogP contribution < -0.4 is 10.3 Å². The summed E-state index contributed by atoms with van der Waals surface area (Å²) in [6.45, 7) is 0. The monoisotopic (exact) mass is 341 g/mol. The molecule has 0 fully saturated rings. The van der Waals surface area contributed by atoms with Crippen molar-refractivity contribution in [3.8, 4) is 11.6 Å². The smallest absolute Gasteiger partial charge is 0.435 e. The number of para-hydroxylation sites is 1. The molecule has 3 heterocycles. The molecule has 0 amide bonds. The summed E-state index contributed by atoms with van der Waals surface area (Å²) in [6.07, 6.45) is -4.68. The largest absolute Gasteiger partial charge is 0.453 e. The lowest BCUT2D eigenvalue weighted by atomic mass is 10.0. The van der Waals surface area contributed by atoms with E-state index in [9.17, 15) is 13.2 Å². The summed E-state index contributed by atoms with van der Waals surface area (Å²) in [6, 6.07) is 11.3. The highest BCUT2D eigenvalue weighted by molar-refractivity contribution is 6.31. The number of fused-ring (bicyclic) bond motifs is 2. The molecule has 0 aliphatic carbocycles. The third-order valence-electron chi connectivity index (χ3n) is 3.41. The van der Waals surface area contributed by atoms with Crippen LogP contribution in [0.25, 0.3) is 16.6 Å². The molecule has 0 atom stereocenters. The van der Waals surface area contributed by atoms with E-state index in [1.807, 2.05) is 6.07 Å². The lowest BCUT2D eigenvalue weighted by Gasteiger charge is -2.09. The number of pyridine rings is 1. The molecule has 0 spiro atoms. The van der Waals surface area contributed by atoms with Crippen LogP contribution in [0.2, 0.25) is 0 Å². The number of hydrogen-bond acceptors (Lipinski definition) is 5. The highest BCUT2D eigenvalue weighted by Gasteiger charge is 2.37. The van der Waals surface area contributed by atoms with Crippen LogP contribution in [0.5, 0.6) is 11.6 Å². The zero-order chi connectivity index (χ0) is 17.6. The predicted molar refractivity (Wildman–Crippen MR) is 83.0 cm³/mol. The Hall–Kier alpha value is -3.17. The number of alkyl halides is 3. The Morgan fingerprint density at radius 2 is 1.84 bits per heavy atom. The van der Waals surface area contributed by atoms with Gasteiger partial charge in [0.1, 0.15) is 13.4 Å². The average molecular weight is 341 g/mol. The molecule has 0 saturated carbocycles. The van der Waals surface area contributed by atoms with Gasteiger partial charge in [0.2, 0.25) is 5.88 Å². The van der Waals surface area contributed by atoms with Crippen molar-refractivity contribution >= 4 is 30.0 Å². The Labute approximate surface area is 139 Å². The van der Waals surface area contributed by atoms with E-state index in [0.717, 1.165) is 5.39 Å². The Balaban J connectivity index is 1.80. The molecule has 0 bridgehead atoms. The fraction of sp³-hybridized carbons (Fsp3) is 0.0667. The molecule has 0 saturated heterocycles. The number of aromatic nitrogens is 5. The molecule has 4 rings (SSSR count). The minimum atomic E-state index is -4.68. The van der Waals surface area contributed by atoms with Crippen LogP contribution in [0.3, 0.4) is 0 Å². The molecule has 10 heteroatoms. The number of ether oxygens (including phenoxy) is 1. The van der Waals surface area contributed by atoms with Crippen LogP contribution in [0.15, 0.2) is 42.5 Å². The summed E-state index contributed by atoms with van der Waals surface area (Å²) in [4.78, 5) is 4.19. The summed E-state index contributed by atoms with van der Waals surface area (Å²) in [5.41, 5.74) is 0.731. The quantitative estimate of drug-likeness (QED) is 0.524. The Morgan fingerprint density at radius 1 is 1.00 bits per heavy atom. The normalized spacial score (nSPS) is 12.0. The standard InChI is InChI=1S/C15H7BF3N5O/c16-10-5-4-8-2-1-3-9(13(8)20-10)25-12-7-6-11-21-22-14(15(17,18)19)24(11)23-12/h1-7H. The van der Waals surface area contributed by atoms with Gasteiger partial charge in [-0.1, -0.05) is 24.3 Å². The fourth-order valence-electron chi connectivity index (χ4n) is 2.33. The van der Waals surface area contributed by atoms with Gasteiger partial charge < -0.3 is 4.74 Å². The summed E-state index contributed by atoms with van der Waals surface area (Å²) in [5, 5.41) is 11.1. The van der Waals surface area contributed by atoms with E-state index in [1.165, 1.54) is 12.1 Å². The van der Waals surface area contributed by atoms with Gasteiger partial charge in [0.05, 0.1) is 0 Å². The molecule has 3 aromatic heterocycles. The summed E-state index contributed by atoms with van der Waals surface area (Å²) in [5.74, 6) is -0.971. The van der Waals surface area contributed by atoms with E-state index in [-0.39, 0.29) is 11.5 Å². The zero-order valence-electron chi connectivity index (χ0n) is 12.4. The third-order valence-corrected chi connectivity index (χ3v) is 3.41. The van der Waals surface area contributed by atoms with E-state index in [4.69, 9.17) is 12.6 Å². The van der Waals surface area contributed by atoms with E-state index >= 15 is 0 Å². The number of benzene rings is 1. The van der Waals surface area contributed by atoms with E-state index < -0.39 is 12.0 Å². The van der Waals surface area contributed by atoms with E-state index in [0.29, 0.717) is 21.4 Å². The van der Waals surface area contributed by atoms with Crippen molar-refractivity contribution in [3.63, 3.8) is 0 Å². The van der Waals surface area contributed by atoms with Gasteiger partial charge in [-0.3, -0.25) is 4.98 Å². The second kappa shape index (κ2) is 5.44. The summed E-state index contributed by atoms with van der Waals surface area (Å²) < 4.78 is 45.0. The first-order chi connectivity index (χ1) is 11.9. The Kier molecular flexibility index (Phi) is 3.34. The molecule has 0 N–H and O–H groups in total. The molecule has 25 heavy (non-hydrogen) atoms. The number of hydrogen-bond donors (Lipinski definition) is 0. The van der Waals surface area contributed by atoms with Gasteiger partial charge >= 0.3 is 6.18 Å². The van der Waals surface area contributed by atoms with Crippen LogP contribution in [-0.4, -0.2) is 32.6 Å². The number of nitrogens with zero attached hydrogens (tertiary/aromatic N) is 5. The van der Waals surface area contributed by atoms with Crippen LogP contribution in [0.1, 0.15) is 5.82 Å². The van der Waals surface area contributed by atoms with Gasteiger partial charge in [-0.25, -0.2) is 0 Å². The van der Waals surface area contributed by atoms with Crippen LogP contribution in [0.4, 0.5) is 13.2 Å². The Bertz CT molecular complexity index is 1100. The van der Waals surface area contributed by atoms with Crippen LogP contribution in [0, 0.1) is 0 Å². The van der Waals surface area contributed by atoms with Gasteiger partial charge in [-0.05, 0) is 17.7 Å². The minimum Gasteiger partial charge on any atom is -0.435 e. The molecule has 0 aliphatic rings. The van der Waals surface area contributed by atoms with Crippen molar-refractivity contribution < 1.29 is 17.9 Å². The average Bonchev–Trinajstić information content (AvgIpc) is 2.99. The molecule has 122 valence electrons. The number of halogens is 3. The summed E-state index contributed by atoms with van der Waals surface area (Å²) in [7, 11) is 5.69. The van der Waals surface area contributed by atoms with Crippen molar-refractivity contribution in [3.05, 3.63) is 48.3 Å². The maximum absolute atomic E-state index is 12.9. The fourth-order valence-corrected chi connectivity index (χ4v) is 2.33. The van der Waals surface area contributed by atoms with Crippen molar-refractivity contribution in [1.82, 2.24) is 24.8 Å². The van der Waals surface area contributed by atoms with Crippen LogP contribution >= 0.6 is 0 Å². The lowest BCUT2D eigenvalue weighted by molar-refractivity contribution is -0.146. The number of rotatable bonds is 2. The zero-order valence-corrected chi connectivity index (χ0v) is 12.4. The second-order valence-electron chi connectivity index (χ2n) is 5.13. The maximum Gasteiger partial charge on any atom is 0.453 e. The first kappa shape index (κ1) is 15.4. The van der Waals surface area contributed by atoms with E-state index in [1.54, 1.807) is 24.3 Å². The van der Waals surface area contributed by atoms with Gasteiger partial charge in [0.15, 0.2) is 11.4 Å². The summed E-state index contributed by atoms with van der Waals surface area (Å²) >= 11 is 0. The van der Waals surface area contributed by atoms with E-state index in [2.05, 4.69) is 20.3 Å². The first-order valence-electron chi connectivity index (χ1n) is 7.04. The lowest BCUT2D eigenvalue weighted by Crippen LogP contribution is -2.12. The topological polar surface area (TPSA) is 65.2 Å². The molecule has 0 unspecified atom stereocenters. The SMILES string of the molecule is [B]c1ccc2cccc(Oc3ccc4nnc(C(F)(F)F)n4n3)c2n1. The first-order valence-corrected chi connectivity index (χ1v) is 7.04. The van der Waals surface area contributed by atoms with Gasteiger partial charge in [0, 0.05) is 11.5 Å².